The summed E-state index contributed by atoms with van der Waals surface area (Å²) in [5, 5.41) is 0. The van der Waals surface area contributed by atoms with Gasteiger partial charge in [-0.25, -0.2) is 0 Å². The molecule has 3 atom stereocenters. The van der Waals surface area contributed by atoms with Crippen molar-refractivity contribution < 1.29 is 19.1 Å². The molecule has 0 spiro atoms. The summed E-state index contributed by atoms with van der Waals surface area (Å²) in [6.45, 7) is 4.74. The van der Waals surface area contributed by atoms with E-state index in [2.05, 4.69) is 0 Å². The lowest BCUT2D eigenvalue weighted by molar-refractivity contribution is -0.151. The molecule has 0 saturated heterocycles. The molecule has 0 radical (unpaired) electrons. The van der Waals surface area contributed by atoms with Crippen molar-refractivity contribution in [2.24, 2.45) is 5.92 Å². The van der Waals surface area contributed by atoms with Crippen LogP contribution in [0.1, 0.15) is 27.2 Å². The Hall–Kier alpha value is -1.32. The van der Waals surface area contributed by atoms with Crippen molar-refractivity contribution in [1.82, 2.24) is 0 Å². The Labute approximate surface area is 89.2 Å². The second-order valence-electron chi connectivity index (χ2n) is 3.82. The summed E-state index contributed by atoms with van der Waals surface area (Å²) in [5.41, 5.74) is 0. The highest BCUT2D eigenvalue weighted by atomic mass is 16.5. The summed E-state index contributed by atoms with van der Waals surface area (Å²) in [6, 6.07) is 0. The number of ether oxygens (including phenoxy) is 2. The Kier molecular flexibility index (Phi) is 3.88. The van der Waals surface area contributed by atoms with Crippen LogP contribution in [0.2, 0.25) is 0 Å². The van der Waals surface area contributed by atoms with Crippen molar-refractivity contribution in [3.05, 3.63) is 12.2 Å². The monoisotopic (exact) mass is 212 g/mol. The van der Waals surface area contributed by atoms with Crippen LogP contribution in [-0.2, 0) is 19.1 Å². The molecule has 1 aliphatic carbocycles. The molecule has 1 aliphatic rings. The summed E-state index contributed by atoms with van der Waals surface area (Å²) >= 11 is 0. The Balaban J connectivity index is 2.54. The van der Waals surface area contributed by atoms with E-state index < -0.39 is 0 Å². The number of carbonyl (C=O) groups excluding carboxylic acids is 2. The molecule has 0 aromatic heterocycles. The summed E-state index contributed by atoms with van der Waals surface area (Å²) in [7, 11) is 0. The van der Waals surface area contributed by atoms with Gasteiger partial charge in [0.1, 0.15) is 12.2 Å². The number of hydrogen-bond donors (Lipinski definition) is 0. The molecule has 0 bridgehead atoms. The van der Waals surface area contributed by atoms with E-state index in [0.717, 1.165) is 0 Å². The van der Waals surface area contributed by atoms with Crippen LogP contribution in [0.4, 0.5) is 0 Å². The molecule has 0 amide bonds. The van der Waals surface area contributed by atoms with Gasteiger partial charge in [-0.3, -0.25) is 9.59 Å². The van der Waals surface area contributed by atoms with Gasteiger partial charge in [0.2, 0.25) is 0 Å². The quantitative estimate of drug-likeness (QED) is 0.513. The number of esters is 2. The van der Waals surface area contributed by atoms with E-state index in [1.807, 2.05) is 6.92 Å². The number of hydrogen-bond acceptors (Lipinski definition) is 4. The SMILES string of the molecule is CC(=O)O[C@H]1C=C[C@H](OC(C)=O)C[C@H]1C. The fourth-order valence-corrected chi connectivity index (χ4v) is 1.65. The van der Waals surface area contributed by atoms with E-state index in [1.54, 1.807) is 12.2 Å². The highest BCUT2D eigenvalue weighted by Crippen LogP contribution is 2.23. The molecule has 0 N–H and O–H groups in total. The van der Waals surface area contributed by atoms with Crippen molar-refractivity contribution >= 4 is 11.9 Å². The highest BCUT2D eigenvalue weighted by molar-refractivity contribution is 5.67. The lowest BCUT2D eigenvalue weighted by atomic mass is 9.91. The van der Waals surface area contributed by atoms with Gasteiger partial charge in [-0.1, -0.05) is 6.92 Å². The van der Waals surface area contributed by atoms with E-state index in [4.69, 9.17) is 9.47 Å². The van der Waals surface area contributed by atoms with Gasteiger partial charge in [0, 0.05) is 19.8 Å². The normalized spacial score (nSPS) is 29.7. The maximum Gasteiger partial charge on any atom is 0.303 e. The van der Waals surface area contributed by atoms with Gasteiger partial charge in [-0.2, -0.15) is 0 Å². The zero-order chi connectivity index (χ0) is 11.4. The molecule has 0 aromatic carbocycles. The van der Waals surface area contributed by atoms with E-state index in [-0.39, 0.29) is 30.1 Å². The molecule has 4 heteroatoms. The topological polar surface area (TPSA) is 52.6 Å². The van der Waals surface area contributed by atoms with Gasteiger partial charge in [-0.05, 0) is 18.6 Å². The fraction of sp³-hybridized carbons (Fsp3) is 0.636. The molecular weight excluding hydrogens is 196 g/mol. The number of carbonyl (C=O) groups is 2. The zero-order valence-corrected chi connectivity index (χ0v) is 9.23. The van der Waals surface area contributed by atoms with Gasteiger partial charge in [0.15, 0.2) is 0 Å². The second-order valence-corrected chi connectivity index (χ2v) is 3.82. The van der Waals surface area contributed by atoms with E-state index >= 15 is 0 Å². The molecule has 0 heterocycles. The summed E-state index contributed by atoms with van der Waals surface area (Å²) in [4.78, 5) is 21.5. The average Bonchev–Trinajstić information content (AvgIpc) is 2.08. The van der Waals surface area contributed by atoms with Gasteiger partial charge >= 0.3 is 11.9 Å². The first-order valence-corrected chi connectivity index (χ1v) is 5.02. The molecule has 0 unspecified atom stereocenters. The minimum Gasteiger partial charge on any atom is -0.458 e. The molecule has 15 heavy (non-hydrogen) atoms. The van der Waals surface area contributed by atoms with Gasteiger partial charge < -0.3 is 9.47 Å². The molecule has 0 saturated carbocycles. The second kappa shape index (κ2) is 4.96. The molecule has 0 fully saturated rings. The van der Waals surface area contributed by atoms with Gasteiger partial charge in [-0.15, -0.1) is 0 Å². The smallest absolute Gasteiger partial charge is 0.303 e. The van der Waals surface area contributed by atoms with Crippen LogP contribution in [0.25, 0.3) is 0 Å². The molecule has 84 valence electrons. The van der Waals surface area contributed by atoms with Crippen molar-refractivity contribution in [3.8, 4) is 0 Å². The Morgan fingerprint density at radius 1 is 1.13 bits per heavy atom. The van der Waals surface area contributed by atoms with Crippen molar-refractivity contribution in [2.45, 2.75) is 39.4 Å². The average molecular weight is 212 g/mol. The van der Waals surface area contributed by atoms with Crippen LogP contribution in [0, 0.1) is 5.92 Å². The first kappa shape index (κ1) is 11.8. The Morgan fingerprint density at radius 2 is 1.73 bits per heavy atom. The van der Waals surface area contributed by atoms with Crippen molar-refractivity contribution in [2.75, 3.05) is 0 Å². The maximum absolute atomic E-state index is 10.8. The van der Waals surface area contributed by atoms with Crippen LogP contribution in [0.15, 0.2) is 12.2 Å². The minimum atomic E-state index is -0.289. The predicted octanol–water partition coefficient (Wildman–Crippen LogP) is 1.45. The molecule has 1 rings (SSSR count). The zero-order valence-electron chi connectivity index (χ0n) is 9.23. The highest BCUT2D eigenvalue weighted by Gasteiger charge is 2.26. The van der Waals surface area contributed by atoms with E-state index in [9.17, 15) is 9.59 Å². The standard InChI is InChI=1S/C11H16O4/c1-7-6-10(14-8(2)12)4-5-11(7)15-9(3)13/h4-5,7,10-11H,6H2,1-3H3/t7-,10+,11+/m1/s1. The summed E-state index contributed by atoms with van der Waals surface area (Å²) in [6.07, 6.45) is 3.85. The Bertz CT molecular complexity index is 282. The van der Waals surface area contributed by atoms with Crippen LogP contribution in [0.3, 0.4) is 0 Å². The molecular formula is C11H16O4. The minimum absolute atomic E-state index is 0.170. The summed E-state index contributed by atoms with van der Waals surface area (Å²) < 4.78 is 10.1. The van der Waals surface area contributed by atoms with Crippen molar-refractivity contribution in [3.63, 3.8) is 0 Å². The van der Waals surface area contributed by atoms with Crippen LogP contribution in [-0.4, -0.2) is 24.1 Å². The first-order valence-electron chi connectivity index (χ1n) is 5.02. The summed E-state index contributed by atoms with van der Waals surface area (Å²) in [5.74, 6) is -0.409. The van der Waals surface area contributed by atoms with Crippen LogP contribution < -0.4 is 0 Å². The third-order valence-corrected chi connectivity index (χ3v) is 2.30. The number of rotatable bonds is 2. The lowest BCUT2D eigenvalue weighted by Gasteiger charge is -2.28. The lowest BCUT2D eigenvalue weighted by Crippen LogP contribution is -2.31. The third-order valence-electron chi connectivity index (χ3n) is 2.30. The predicted molar refractivity (Wildman–Crippen MR) is 54.0 cm³/mol. The van der Waals surface area contributed by atoms with Gasteiger partial charge in [0.25, 0.3) is 0 Å². The van der Waals surface area contributed by atoms with Crippen LogP contribution >= 0.6 is 0 Å². The maximum atomic E-state index is 10.8. The van der Waals surface area contributed by atoms with Crippen molar-refractivity contribution in [1.29, 1.82) is 0 Å². The van der Waals surface area contributed by atoms with E-state index in [1.165, 1.54) is 13.8 Å². The molecule has 4 nitrogen and oxygen atoms in total. The largest absolute Gasteiger partial charge is 0.458 e. The third kappa shape index (κ3) is 3.73. The fourth-order valence-electron chi connectivity index (χ4n) is 1.65. The Morgan fingerprint density at radius 3 is 2.20 bits per heavy atom. The van der Waals surface area contributed by atoms with Gasteiger partial charge in [0.05, 0.1) is 0 Å². The van der Waals surface area contributed by atoms with E-state index in [0.29, 0.717) is 6.42 Å². The molecule has 0 aliphatic heterocycles. The van der Waals surface area contributed by atoms with Crippen LogP contribution in [0.5, 0.6) is 0 Å². The first-order chi connectivity index (χ1) is 6.99. The molecule has 0 aromatic rings.